The molecule has 0 N–H and O–H groups in total. The zero-order chi connectivity index (χ0) is 18.4. The number of alkyl halides is 1. The maximum absolute atomic E-state index is 13.5. The Bertz CT molecular complexity index is 618. The minimum atomic E-state index is -2.16. The summed E-state index contributed by atoms with van der Waals surface area (Å²) in [6.45, 7) is 8.50. The van der Waals surface area contributed by atoms with Gasteiger partial charge in [0.1, 0.15) is 18.4 Å². The van der Waals surface area contributed by atoms with Gasteiger partial charge in [-0.15, -0.1) is 0 Å². The number of esters is 1. The van der Waals surface area contributed by atoms with Crippen LogP contribution in [0.5, 0.6) is 5.75 Å². The number of hydrogen-bond acceptors (Lipinski definition) is 4. The second-order valence-electron chi connectivity index (χ2n) is 6.99. The molecule has 0 spiro atoms. The lowest BCUT2D eigenvalue weighted by Crippen LogP contribution is -2.32. The van der Waals surface area contributed by atoms with Crippen molar-refractivity contribution in [3.8, 4) is 11.8 Å². The first-order valence-corrected chi connectivity index (χ1v) is 8.05. The number of aryl methyl sites for hydroxylation is 2. The summed E-state index contributed by atoms with van der Waals surface area (Å²) in [6, 6.07) is 7.49. The van der Waals surface area contributed by atoms with E-state index in [9.17, 15) is 9.18 Å². The van der Waals surface area contributed by atoms with Crippen LogP contribution in [-0.4, -0.2) is 24.9 Å². The molecule has 0 radical (unpaired) electrons. The summed E-state index contributed by atoms with van der Waals surface area (Å²) < 4.78 is 24.2. The predicted octanol–water partition coefficient (Wildman–Crippen LogP) is 4.28. The molecule has 0 aromatic heterocycles. The molecular formula is C19H26FNO3. The van der Waals surface area contributed by atoms with Gasteiger partial charge >= 0.3 is 5.97 Å². The van der Waals surface area contributed by atoms with E-state index >= 15 is 0 Å². The van der Waals surface area contributed by atoms with E-state index in [-0.39, 0.29) is 0 Å². The van der Waals surface area contributed by atoms with E-state index in [0.717, 1.165) is 23.8 Å². The molecule has 0 heterocycles. The van der Waals surface area contributed by atoms with Gasteiger partial charge in [-0.1, -0.05) is 12.1 Å². The molecule has 0 saturated heterocycles. The minimum absolute atomic E-state index is 0.486. The average molecular weight is 335 g/mol. The van der Waals surface area contributed by atoms with Gasteiger partial charge in [-0.25, -0.2) is 4.39 Å². The first-order valence-electron chi connectivity index (χ1n) is 8.05. The fraction of sp³-hybridized carbons (Fsp3) is 0.579. The first kappa shape index (κ1) is 20.0. The van der Waals surface area contributed by atoms with E-state index in [1.807, 2.05) is 32.0 Å². The van der Waals surface area contributed by atoms with Crippen molar-refractivity contribution in [3.63, 3.8) is 0 Å². The van der Waals surface area contributed by atoms with Gasteiger partial charge < -0.3 is 9.47 Å². The Labute approximate surface area is 143 Å². The highest BCUT2D eigenvalue weighted by Crippen LogP contribution is 2.26. The summed E-state index contributed by atoms with van der Waals surface area (Å²) in [6.07, 6.45) is 1.22. The SMILES string of the molecule is Cc1ccc(C)c(OCCCC(C)(C)C(=O)OC[C@@](C)(F)C#N)c1. The third kappa shape index (κ3) is 6.19. The van der Waals surface area contributed by atoms with Crippen LogP contribution in [0.3, 0.4) is 0 Å². The molecule has 0 fully saturated rings. The van der Waals surface area contributed by atoms with Crippen molar-refractivity contribution in [2.75, 3.05) is 13.2 Å². The normalized spacial score (nSPS) is 13.7. The van der Waals surface area contributed by atoms with Gasteiger partial charge in [0.15, 0.2) is 0 Å². The van der Waals surface area contributed by atoms with Gasteiger partial charge in [-0.2, -0.15) is 5.26 Å². The van der Waals surface area contributed by atoms with E-state index in [4.69, 9.17) is 14.7 Å². The molecule has 5 heteroatoms. The Balaban J connectivity index is 2.43. The van der Waals surface area contributed by atoms with Crippen LogP contribution in [0.4, 0.5) is 4.39 Å². The van der Waals surface area contributed by atoms with Gasteiger partial charge in [-0.05, 0) is 64.7 Å². The van der Waals surface area contributed by atoms with E-state index in [1.165, 1.54) is 6.07 Å². The van der Waals surface area contributed by atoms with Crippen LogP contribution in [0.25, 0.3) is 0 Å². The molecule has 1 aromatic carbocycles. The van der Waals surface area contributed by atoms with Crippen molar-refractivity contribution in [2.24, 2.45) is 5.41 Å². The number of rotatable bonds is 8. The second kappa shape index (κ2) is 8.14. The Kier molecular flexibility index (Phi) is 6.77. The highest BCUT2D eigenvalue weighted by Gasteiger charge is 2.32. The van der Waals surface area contributed by atoms with E-state index in [2.05, 4.69) is 0 Å². The Hall–Kier alpha value is -2.09. The summed E-state index contributed by atoms with van der Waals surface area (Å²) in [4.78, 5) is 12.1. The zero-order valence-corrected chi connectivity index (χ0v) is 15.1. The fourth-order valence-corrected chi connectivity index (χ4v) is 2.09. The highest BCUT2D eigenvalue weighted by molar-refractivity contribution is 5.75. The summed E-state index contributed by atoms with van der Waals surface area (Å²) in [5, 5.41) is 8.60. The Morgan fingerprint density at radius 2 is 1.96 bits per heavy atom. The van der Waals surface area contributed by atoms with Gasteiger partial charge in [-0.3, -0.25) is 4.79 Å². The molecule has 0 unspecified atom stereocenters. The Morgan fingerprint density at radius 3 is 2.58 bits per heavy atom. The molecule has 132 valence electrons. The van der Waals surface area contributed by atoms with E-state index in [1.54, 1.807) is 13.8 Å². The molecule has 0 aliphatic heterocycles. The fourth-order valence-electron chi connectivity index (χ4n) is 2.09. The molecule has 24 heavy (non-hydrogen) atoms. The third-order valence-electron chi connectivity index (χ3n) is 3.81. The second-order valence-corrected chi connectivity index (χ2v) is 6.99. The van der Waals surface area contributed by atoms with Gasteiger partial charge in [0.2, 0.25) is 5.67 Å². The number of benzene rings is 1. The lowest BCUT2D eigenvalue weighted by atomic mass is 9.88. The first-order chi connectivity index (χ1) is 11.1. The van der Waals surface area contributed by atoms with Crippen LogP contribution < -0.4 is 4.74 Å². The van der Waals surface area contributed by atoms with Crippen molar-refractivity contribution in [3.05, 3.63) is 29.3 Å². The van der Waals surface area contributed by atoms with Crippen molar-refractivity contribution in [2.45, 2.75) is 53.1 Å². The van der Waals surface area contributed by atoms with E-state index in [0.29, 0.717) is 19.4 Å². The van der Waals surface area contributed by atoms with Crippen LogP contribution >= 0.6 is 0 Å². The van der Waals surface area contributed by atoms with Gasteiger partial charge in [0.25, 0.3) is 0 Å². The minimum Gasteiger partial charge on any atom is -0.493 e. The molecule has 0 bridgehead atoms. The van der Waals surface area contributed by atoms with Gasteiger partial charge in [0.05, 0.1) is 12.0 Å². The van der Waals surface area contributed by atoms with Gasteiger partial charge in [0, 0.05) is 0 Å². The van der Waals surface area contributed by atoms with Crippen LogP contribution in [0.1, 0.15) is 44.7 Å². The summed E-state index contributed by atoms with van der Waals surface area (Å²) in [7, 11) is 0. The molecule has 0 aliphatic carbocycles. The van der Waals surface area contributed by atoms with Crippen LogP contribution in [-0.2, 0) is 9.53 Å². The van der Waals surface area contributed by atoms with Crippen LogP contribution in [0, 0.1) is 30.6 Å². The van der Waals surface area contributed by atoms with Crippen molar-refractivity contribution >= 4 is 5.97 Å². The van der Waals surface area contributed by atoms with Crippen LogP contribution in [0.2, 0.25) is 0 Å². The number of nitriles is 1. The molecule has 1 atom stereocenters. The van der Waals surface area contributed by atoms with Crippen molar-refractivity contribution < 1.29 is 18.7 Å². The number of ether oxygens (including phenoxy) is 2. The summed E-state index contributed by atoms with van der Waals surface area (Å²) in [5.41, 5.74) is -0.710. The highest BCUT2D eigenvalue weighted by atomic mass is 19.1. The molecule has 4 nitrogen and oxygen atoms in total. The number of carbonyl (C=O) groups is 1. The predicted molar refractivity (Wildman–Crippen MR) is 90.5 cm³/mol. The molecule has 0 amide bonds. The number of nitrogens with zero attached hydrogens (tertiary/aromatic N) is 1. The Morgan fingerprint density at radius 1 is 1.29 bits per heavy atom. The average Bonchev–Trinajstić information content (AvgIpc) is 2.52. The maximum atomic E-state index is 13.5. The molecule has 0 aliphatic rings. The lowest BCUT2D eigenvalue weighted by molar-refractivity contribution is -0.157. The standard InChI is InChI=1S/C19H26FNO3/c1-14-7-8-15(2)16(11-14)23-10-6-9-18(3,4)17(22)24-13-19(5,20)12-21/h7-8,11H,6,9-10,13H2,1-5H3/t19-/m0/s1. The summed E-state index contributed by atoms with van der Waals surface area (Å²) in [5.74, 6) is 0.339. The summed E-state index contributed by atoms with van der Waals surface area (Å²) >= 11 is 0. The largest absolute Gasteiger partial charge is 0.493 e. The van der Waals surface area contributed by atoms with Crippen LogP contribution in [0.15, 0.2) is 18.2 Å². The van der Waals surface area contributed by atoms with Crippen molar-refractivity contribution in [1.82, 2.24) is 0 Å². The molecule has 1 aromatic rings. The number of carbonyl (C=O) groups excluding carboxylic acids is 1. The topological polar surface area (TPSA) is 59.3 Å². The van der Waals surface area contributed by atoms with E-state index < -0.39 is 23.7 Å². The molecular weight excluding hydrogens is 309 g/mol. The number of hydrogen-bond donors (Lipinski definition) is 0. The third-order valence-corrected chi connectivity index (χ3v) is 3.81. The monoisotopic (exact) mass is 335 g/mol. The quantitative estimate of drug-likeness (QED) is 0.525. The molecule has 1 rings (SSSR count). The smallest absolute Gasteiger partial charge is 0.311 e. The maximum Gasteiger partial charge on any atom is 0.311 e. The lowest BCUT2D eigenvalue weighted by Gasteiger charge is -2.24. The molecule has 0 saturated carbocycles. The van der Waals surface area contributed by atoms with Crippen molar-refractivity contribution in [1.29, 1.82) is 5.26 Å². The number of halogens is 1. The zero-order valence-electron chi connectivity index (χ0n) is 15.1.